The number of rotatable bonds is 8. The van der Waals surface area contributed by atoms with Gasteiger partial charge in [0.2, 0.25) is 5.95 Å². The lowest BCUT2D eigenvalue weighted by Gasteiger charge is -2.11. The van der Waals surface area contributed by atoms with Crippen LogP contribution in [0, 0.1) is 13.8 Å². The van der Waals surface area contributed by atoms with Gasteiger partial charge in [-0.2, -0.15) is 0 Å². The van der Waals surface area contributed by atoms with Gasteiger partial charge in [-0.1, -0.05) is 0 Å². The highest BCUT2D eigenvalue weighted by molar-refractivity contribution is 5.24. The summed E-state index contributed by atoms with van der Waals surface area (Å²) in [7, 11) is 0. The number of aryl methyl sites for hydroxylation is 1. The number of aromatic nitrogens is 4. The van der Waals surface area contributed by atoms with Crippen molar-refractivity contribution in [2.75, 3.05) is 25.0 Å². The van der Waals surface area contributed by atoms with Gasteiger partial charge in [-0.3, -0.25) is 0 Å². The molecule has 1 unspecified atom stereocenters. The molecule has 0 aromatic carbocycles. The quantitative estimate of drug-likeness (QED) is 0.717. The van der Waals surface area contributed by atoms with E-state index >= 15 is 0 Å². The Hall–Kier alpha value is -1.99. The topological polar surface area (TPSA) is 76.9 Å². The summed E-state index contributed by atoms with van der Waals surface area (Å²) in [5, 5.41) is 6.65. The highest BCUT2D eigenvalue weighted by Gasteiger charge is 2.15. The summed E-state index contributed by atoms with van der Waals surface area (Å²) in [6.07, 6.45) is 8.19. The largest absolute Gasteiger partial charge is 0.376 e. The van der Waals surface area contributed by atoms with Crippen molar-refractivity contribution in [2.24, 2.45) is 0 Å². The van der Waals surface area contributed by atoms with Crippen LogP contribution in [-0.2, 0) is 17.8 Å². The van der Waals surface area contributed by atoms with Crippen LogP contribution in [0.5, 0.6) is 0 Å². The Morgan fingerprint density at radius 2 is 2.08 bits per heavy atom. The van der Waals surface area contributed by atoms with Crippen molar-refractivity contribution >= 4 is 5.95 Å². The molecule has 2 aromatic rings. The fourth-order valence-corrected chi connectivity index (χ4v) is 2.75. The van der Waals surface area contributed by atoms with Crippen molar-refractivity contribution in [1.82, 2.24) is 24.8 Å². The lowest BCUT2D eigenvalue weighted by atomic mass is 10.2. The minimum atomic E-state index is 0.296. The van der Waals surface area contributed by atoms with Gasteiger partial charge in [0.25, 0.3) is 0 Å². The van der Waals surface area contributed by atoms with Crippen LogP contribution < -0.4 is 10.6 Å². The number of nitrogens with one attached hydrogen (secondary N) is 2. The van der Waals surface area contributed by atoms with Crippen LogP contribution in [0.4, 0.5) is 5.95 Å². The fraction of sp³-hybridized carbons (Fsp3) is 0.588. The van der Waals surface area contributed by atoms with Crippen LogP contribution in [0.25, 0.3) is 0 Å². The van der Waals surface area contributed by atoms with Gasteiger partial charge >= 0.3 is 0 Å². The second-order valence-electron chi connectivity index (χ2n) is 6.22. The van der Waals surface area contributed by atoms with Crippen LogP contribution in [0.1, 0.15) is 29.8 Å². The van der Waals surface area contributed by atoms with E-state index < -0.39 is 0 Å². The summed E-state index contributed by atoms with van der Waals surface area (Å²) in [6.45, 7) is 8.34. The van der Waals surface area contributed by atoms with E-state index in [2.05, 4.69) is 37.1 Å². The number of hydrogen-bond acceptors (Lipinski definition) is 6. The first-order valence-electron chi connectivity index (χ1n) is 8.58. The fourth-order valence-electron chi connectivity index (χ4n) is 2.75. The molecule has 1 aliphatic heterocycles. The minimum Gasteiger partial charge on any atom is -0.376 e. The summed E-state index contributed by atoms with van der Waals surface area (Å²) >= 11 is 0. The summed E-state index contributed by atoms with van der Waals surface area (Å²) in [5.41, 5.74) is 3.40. The van der Waals surface area contributed by atoms with Gasteiger partial charge in [0.05, 0.1) is 18.1 Å². The number of nitrogens with zero attached hydrogens (tertiary/aromatic N) is 4. The van der Waals surface area contributed by atoms with Crippen molar-refractivity contribution < 1.29 is 4.74 Å². The number of imidazole rings is 1. The highest BCUT2D eigenvalue weighted by Crippen LogP contribution is 2.12. The maximum absolute atomic E-state index is 5.58. The molecule has 2 aromatic heterocycles. The SMILES string of the molecule is Cc1ncn(CCNCc2cnc(NCC3CCCO3)nc2)c1C. The predicted molar refractivity (Wildman–Crippen MR) is 92.9 cm³/mol. The summed E-state index contributed by atoms with van der Waals surface area (Å²) in [5.74, 6) is 0.666. The molecule has 0 spiro atoms. The average Bonchev–Trinajstić information content (AvgIpc) is 3.23. The second-order valence-corrected chi connectivity index (χ2v) is 6.22. The first-order chi connectivity index (χ1) is 11.7. The maximum atomic E-state index is 5.58. The Morgan fingerprint density at radius 1 is 1.25 bits per heavy atom. The van der Waals surface area contributed by atoms with Crippen molar-refractivity contribution in [2.45, 2.75) is 45.9 Å². The van der Waals surface area contributed by atoms with Crippen molar-refractivity contribution in [1.29, 1.82) is 0 Å². The Labute approximate surface area is 142 Å². The first-order valence-corrected chi connectivity index (χ1v) is 8.58. The minimum absolute atomic E-state index is 0.296. The van der Waals surface area contributed by atoms with E-state index in [0.29, 0.717) is 12.1 Å². The molecule has 1 saturated heterocycles. The zero-order chi connectivity index (χ0) is 16.8. The lowest BCUT2D eigenvalue weighted by Crippen LogP contribution is -2.21. The van der Waals surface area contributed by atoms with E-state index in [1.54, 1.807) is 0 Å². The van der Waals surface area contributed by atoms with Gasteiger partial charge in [0, 0.05) is 56.4 Å². The smallest absolute Gasteiger partial charge is 0.222 e. The molecule has 130 valence electrons. The predicted octanol–water partition coefficient (Wildman–Crippen LogP) is 1.67. The first kappa shape index (κ1) is 16.9. The van der Waals surface area contributed by atoms with Gasteiger partial charge in [0.1, 0.15) is 0 Å². The van der Waals surface area contributed by atoms with E-state index in [0.717, 1.165) is 56.9 Å². The van der Waals surface area contributed by atoms with Gasteiger partial charge in [-0.25, -0.2) is 15.0 Å². The van der Waals surface area contributed by atoms with E-state index in [9.17, 15) is 0 Å². The molecule has 1 atom stereocenters. The number of ether oxygens (including phenoxy) is 1. The molecule has 0 saturated carbocycles. The molecule has 0 bridgehead atoms. The molecule has 1 aliphatic rings. The molecule has 0 aliphatic carbocycles. The zero-order valence-electron chi connectivity index (χ0n) is 14.5. The zero-order valence-corrected chi connectivity index (χ0v) is 14.5. The Bertz CT molecular complexity index is 633. The third-order valence-electron chi connectivity index (χ3n) is 4.42. The molecule has 2 N–H and O–H groups in total. The molecule has 7 heteroatoms. The van der Waals surface area contributed by atoms with Gasteiger partial charge in [-0.15, -0.1) is 0 Å². The van der Waals surface area contributed by atoms with Crippen molar-refractivity contribution in [3.8, 4) is 0 Å². The van der Waals surface area contributed by atoms with Crippen molar-refractivity contribution in [3.63, 3.8) is 0 Å². The molecule has 0 amide bonds. The second kappa shape index (κ2) is 8.21. The van der Waals surface area contributed by atoms with E-state index in [1.807, 2.05) is 25.6 Å². The molecule has 24 heavy (non-hydrogen) atoms. The normalized spacial score (nSPS) is 17.3. The third kappa shape index (κ3) is 4.52. The Morgan fingerprint density at radius 3 is 2.75 bits per heavy atom. The number of hydrogen-bond donors (Lipinski definition) is 2. The standard InChI is InChI=1S/C17H26N6O/c1-13-14(2)23(12-22-13)6-5-18-8-15-9-19-17(20-10-15)21-11-16-4-3-7-24-16/h9-10,12,16,18H,3-8,11H2,1-2H3,(H,19,20,21). The van der Waals surface area contributed by atoms with Crippen LogP contribution in [-0.4, -0.2) is 45.3 Å². The average molecular weight is 330 g/mol. The van der Waals surface area contributed by atoms with Crippen LogP contribution in [0.2, 0.25) is 0 Å². The molecule has 3 heterocycles. The molecule has 7 nitrogen and oxygen atoms in total. The molecule has 3 rings (SSSR count). The maximum Gasteiger partial charge on any atom is 0.222 e. The van der Waals surface area contributed by atoms with Gasteiger partial charge in [0.15, 0.2) is 0 Å². The Balaban J connectivity index is 1.37. The monoisotopic (exact) mass is 330 g/mol. The van der Waals surface area contributed by atoms with Gasteiger partial charge in [-0.05, 0) is 26.7 Å². The van der Waals surface area contributed by atoms with E-state index in [1.165, 1.54) is 5.69 Å². The third-order valence-corrected chi connectivity index (χ3v) is 4.42. The van der Waals surface area contributed by atoms with E-state index in [4.69, 9.17) is 4.74 Å². The molecule has 1 fully saturated rings. The van der Waals surface area contributed by atoms with E-state index in [-0.39, 0.29) is 0 Å². The summed E-state index contributed by atoms with van der Waals surface area (Å²) in [6, 6.07) is 0. The molecular weight excluding hydrogens is 304 g/mol. The molecule has 0 radical (unpaired) electrons. The Kier molecular flexibility index (Phi) is 5.77. The molecular formula is C17H26N6O. The summed E-state index contributed by atoms with van der Waals surface area (Å²) < 4.78 is 7.74. The summed E-state index contributed by atoms with van der Waals surface area (Å²) in [4.78, 5) is 13.0. The van der Waals surface area contributed by atoms with Crippen LogP contribution in [0.3, 0.4) is 0 Å². The van der Waals surface area contributed by atoms with Crippen LogP contribution >= 0.6 is 0 Å². The van der Waals surface area contributed by atoms with Gasteiger partial charge < -0.3 is 19.9 Å². The van der Waals surface area contributed by atoms with Crippen molar-refractivity contribution in [3.05, 3.63) is 35.7 Å². The lowest BCUT2D eigenvalue weighted by molar-refractivity contribution is 0.120. The van der Waals surface area contributed by atoms with Crippen LogP contribution in [0.15, 0.2) is 18.7 Å². The highest BCUT2D eigenvalue weighted by atomic mass is 16.5. The number of anilines is 1.